The van der Waals surface area contributed by atoms with Gasteiger partial charge in [0.15, 0.2) is 16.5 Å². The number of hydrogen-bond acceptors (Lipinski definition) is 7. The Morgan fingerprint density at radius 3 is 2.73 bits per heavy atom. The molecular weight excluding hydrogens is 402 g/mol. The summed E-state index contributed by atoms with van der Waals surface area (Å²) in [5, 5.41) is 10.7. The van der Waals surface area contributed by atoms with Crippen LogP contribution in [0.15, 0.2) is 42.5 Å². The topological polar surface area (TPSA) is 73.8 Å². The van der Waals surface area contributed by atoms with E-state index < -0.39 is 0 Å². The zero-order valence-electron chi connectivity index (χ0n) is 16.5. The zero-order valence-corrected chi connectivity index (χ0v) is 17.4. The Labute approximate surface area is 178 Å². The van der Waals surface area contributed by atoms with Crippen LogP contribution >= 0.6 is 11.3 Å². The molecule has 2 aliphatic rings. The molecule has 0 N–H and O–H groups in total. The Morgan fingerprint density at radius 1 is 1.10 bits per heavy atom. The number of fused-ring (bicyclic) bond motifs is 1. The molecule has 1 saturated heterocycles. The van der Waals surface area contributed by atoms with Gasteiger partial charge in [-0.25, -0.2) is 0 Å². The summed E-state index contributed by atoms with van der Waals surface area (Å²) in [5.41, 5.74) is 1.59. The Morgan fingerprint density at radius 2 is 1.90 bits per heavy atom. The maximum atomic E-state index is 12.9. The minimum Gasteiger partial charge on any atom is -0.496 e. The van der Waals surface area contributed by atoms with E-state index in [1.54, 1.807) is 36.6 Å². The first-order valence-electron chi connectivity index (χ1n) is 9.88. The summed E-state index contributed by atoms with van der Waals surface area (Å²) in [6.07, 6.45) is 1.74. The van der Waals surface area contributed by atoms with Crippen molar-refractivity contribution in [1.29, 1.82) is 0 Å². The first kappa shape index (κ1) is 18.9. The lowest BCUT2D eigenvalue weighted by Crippen LogP contribution is -2.37. The first-order chi connectivity index (χ1) is 14.7. The maximum Gasteiger partial charge on any atom is 0.253 e. The quantitative estimate of drug-likeness (QED) is 0.632. The number of carbonyl (C=O) groups is 1. The van der Waals surface area contributed by atoms with E-state index in [0.717, 1.165) is 34.2 Å². The largest absolute Gasteiger partial charge is 0.496 e. The molecule has 30 heavy (non-hydrogen) atoms. The number of benzene rings is 2. The second-order valence-corrected chi connectivity index (χ2v) is 8.29. The number of rotatable bonds is 4. The summed E-state index contributed by atoms with van der Waals surface area (Å²) in [6.45, 7) is 1.60. The van der Waals surface area contributed by atoms with Crippen LogP contribution in [0.25, 0.3) is 10.6 Å². The highest BCUT2D eigenvalue weighted by atomic mass is 32.1. The van der Waals surface area contributed by atoms with Crippen LogP contribution in [0.3, 0.4) is 0 Å². The van der Waals surface area contributed by atoms with Crippen LogP contribution in [-0.4, -0.2) is 48.0 Å². The predicted octanol–water partition coefficient (Wildman–Crippen LogP) is 3.96. The number of aromatic nitrogens is 2. The van der Waals surface area contributed by atoms with E-state index in [-0.39, 0.29) is 12.7 Å². The predicted molar refractivity (Wildman–Crippen MR) is 112 cm³/mol. The zero-order chi connectivity index (χ0) is 20.5. The molecule has 1 fully saturated rings. The number of piperidine rings is 1. The van der Waals surface area contributed by atoms with Crippen molar-refractivity contribution in [3.8, 4) is 27.8 Å². The van der Waals surface area contributed by atoms with E-state index in [0.29, 0.717) is 36.1 Å². The molecule has 3 heterocycles. The summed E-state index contributed by atoms with van der Waals surface area (Å²) in [4.78, 5) is 14.8. The average molecular weight is 423 g/mol. The molecule has 1 aromatic heterocycles. The molecule has 0 spiro atoms. The normalized spacial score (nSPS) is 16.0. The van der Waals surface area contributed by atoms with Gasteiger partial charge in [0.2, 0.25) is 6.79 Å². The lowest BCUT2D eigenvalue weighted by Gasteiger charge is -2.31. The summed E-state index contributed by atoms with van der Waals surface area (Å²) in [5.74, 6) is 2.45. The van der Waals surface area contributed by atoms with Crippen molar-refractivity contribution in [2.45, 2.75) is 18.8 Å². The van der Waals surface area contributed by atoms with E-state index in [1.165, 1.54) is 0 Å². The van der Waals surface area contributed by atoms with Gasteiger partial charge < -0.3 is 19.1 Å². The summed E-state index contributed by atoms with van der Waals surface area (Å²) in [7, 11) is 1.66. The molecule has 3 aromatic rings. The number of nitrogens with zero attached hydrogens (tertiary/aromatic N) is 3. The highest BCUT2D eigenvalue weighted by Gasteiger charge is 2.28. The van der Waals surface area contributed by atoms with E-state index in [4.69, 9.17) is 14.2 Å². The molecule has 5 rings (SSSR count). The third-order valence-corrected chi connectivity index (χ3v) is 6.65. The highest BCUT2D eigenvalue weighted by Crippen LogP contribution is 2.37. The molecule has 0 aliphatic carbocycles. The molecule has 154 valence electrons. The molecule has 0 radical (unpaired) electrons. The SMILES string of the molecule is COc1ccccc1-c1nnc(C2CCN(C(=O)c3ccc4c(c3)OCO4)CC2)s1. The van der Waals surface area contributed by atoms with Gasteiger partial charge in [0, 0.05) is 24.6 Å². The molecule has 2 aromatic carbocycles. The number of carbonyl (C=O) groups excluding carboxylic acids is 1. The van der Waals surface area contributed by atoms with Gasteiger partial charge in [-0.3, -0.25) is 4.79 Å². The van der Waals surface area contributed by atoms with Crippen LogP contribution < -0.4 is 14.2 Å². The number of para-hydroxylation sites is 1. The Balaban J connectivity index is 1.25. The van der Waals surface area contributed by atoms with E-state index in [2.05, 4.69) is 10.2 Å². The third-order valence-electron chi connectivity index (χ3n) is 5.53. The average Bonchev–Trinajstić information content (AvgIpc) is 3.48. The van der Waals surface area contributed by atoms with Crippen molar-refractivity contribution in [3.05, 3.63) is 53.0 Å². The number of hydrogen-bond donors (Lipinski definition) is 0. The van der Waals surface area contributed by atoms with Crippen molar-refractivity contribution in [2.24, 2.45) is 0 Å². The number of amides is 1. The number of likely N-dealkylation sites (tertiary alicyclic amines) is 1. The standard InChI is InChI=1S/C22H21N3O4S/c1-27-17-5-3-2-4-16(17)21-24-23-20(30-21)14-8-10-25(11-9-14)22(26)15-6-7-18-19(12-15)29-13-28-18/h2-7,12,14H,8-11,13H2,1H3. The first-order valence-corrected chi connectivity index (χ1v) is 10.7. The van der Waals surface area contributed by atoms with Crippen LogP contribution in [0.1, 0.15) is 34.1 Å². The van der Waals surface area contributed by atoms with Gasteiger partial charge in [0.1, 0.15) is 10.8 Å². The number of ether oxygens (including phenoxy) is 3. The lowest BCUT2D eigenvalue weighted by molar-refractivity contribution is 0.0712. The molecule has 0 unspecified atom stereocenters. The van der Waals surface area contributed by atoms with Gasteiger partial charge in [-0.15, -0.1) is 10.2 Å². The van der Waals surface area contributed by atoms with Gasteiger partial charge in [-0.05, 0) is 43.2 Å². The molecule has 0 atom stereocenters. The summed E-state index contributed by atoms with van der Waals surface area (Å²) < 4.78 is 16.2. The van der Waals surface area contributed by atoms with Crippen molar-refractivity contribution in [3.63, 3.8) is 0 Å². The minimum absolute atomic E-state index is 0.0266. The lowest BCUT2D eigenvalue weighted by atomic mass is 9.97. The van der Waals surface area contributed by atoms with E-state index in [1.807, 2.05) is 29.2 Å². The van der Waals surface area contributed by atoms with Gasteiger partial charge >= 0.3 is 0 Å². The molecule has 8 heteroatoms. The molecule has 0 saturated carbocycles. The fourth-order valence-corrected chi connectivity index (χ4v) is 4.91. The fraction of sp³-hybridized carbons (Fsp3) is 0.318. The van der Waals surface area contributed by atoms with E-state index in [9.17, 15) is 4.79 Å². The molecular formula is C22H21N3O4S. The maximum absolute atomic E-state index is 12.9. The second-order valence-electron chi connectivity index (χ2n) is 7.28. The third kappa shape index (κ3) is 3.47. The second kappa shape index (κ2) is 7.95. The highest BCUT2D eigenvalue weighted by molar-refractivity contribution is 7.14. The Bertz CT molecular complexity index is 1080. The van der Waals surface area contributed by atoms with Gasteiger partial charge in [0.05, 0.1) is 12.7 Å². The van der Waals surface area contributed by atoms with Gasteiger partial charge in [0.25, 0.3) is 5.91 Å². The van der Waals surface area contributed by atoms with Crippen molar-refractivity contribution in [1.82, 2.24) is 15.1 Å². The van der Waals surface area contributed by atoms with Crippen LogP contribution in [0, 0.1) is 0 Å². The summed E-state index contributed by atoms with van der Waals surface area (Å²) in [6, 6.07) is 13.2. The monoisotopic (exact) mass is 423 g/mol. The van der Waals surface area contributed by atoms with Crippen molar-refractivity contribution < 1.29 is 19.0 Å². The fourth-order valence-electron chi connectivity index (χ4n) is 3.87. The van der Waals surface area contributed by atoms with E-state index >= 15 is 0 Å². The molecule has 1 amide bonds. The van der Waals surface area contributed by atoms with Crippen molar-refractivity contribution >= 4 is 17.2 Å². The van der Waals surface area contributed by atoms with Crippen LogP contribution in [0.5, 0.6) is 17.2 Å². The number of methoxy groups -OCH3 is 1. The van der Waals surface area contributed by atoms with Gasteiger partial charge in [-0.1, -0.05) is 23.5 Å². The minimum atomic E-state index is 0.0266. The Hall–Kier alpha value is -3.13. The molecule has 7 nitrogen and oxygen atoms in total. The van der Waals surface area contributed by atoms with Crippen LogP contribution in [0.2, 0.25) is 0 Å². The summed E-state index contributed by atoms with van der Waals surface area (Å²) >= 11 is 1.61. The van der Waals surface area contributed by atoms with Crippen LogP contribution in [-0.2, 0) is 0 Å². The van der Waals surface area contributed by atoms with Crippen molar-refractivity contribution in [2.75, 3.05) is 27.0 Å². The molecule has 0 bridgehead atoms. The smallest absolute Gasteiger partial charge is 0.253 e. The Kier molecular flexibility index (Phi) is 5.00. The van der Waals surface area contributed by atoms with Gasteiger partial charge in [-0.2, -0.15) is 0 Å². The van der Waals surface area contributed by atoms with Crippen LogP contribution in [0.4, 0.5) is 0 Å². The molecule has 2 aliphatic heterocycles.